The first-order valence-corrected chi connectivity index (χ1v) is 13.9. The molecule has 8 aromatic rings. The molecule has 0 aromatic heterocycles. The average molecular weight is 507 g/mol. The van der Waals surface area contributed by atoms with Crippen LogP contribution in [0.1, 0.15) is 0 Å². The number of benzene rings is 8. The summed E-state index contributed by atoms with van der Waals surface area (Å²) < 4.78 is 0. The van der Waals surface area contributed by atoms with Crippen molar-refractivity contribution in [1.82, 2.24) is 0 Å². The van der Waals surface area contributed by atoms with E-state index in [1.807, 2.05) is 0 Å². The van der Waals surface area contributed by atoms with Crippen LogP contribution in [0.5, 0.6) is 0 Å². The van der Waals surface area contributed by atoms with Gasteiger partial charge in [0.15, 0.2) is 0 Å². The van der Waals surface area contributed by atoms with Crippen LogP contribution in [0.4, 0.5) is 0 Å². The third-order valence-electron chi connectivity index (χ3n) is 8.25. The lowest BCUT2D eigenvalue weighted by Gasteiger charge is -2.21. The molecule has 186 valence electrons. The molecule has 0 atom stereocenters. The zero-order valence-corrected chi connectivity index (χ0v) is 22.0. The van der Waals surface area contributed by atoms with Gasteiger partial charge in [0.1, 0.15) is 0 Å². The van der Waals surface area contributed by atoms with Crippen LogP contribution in [0.3, 0.4) is 0 Å². The van der Waals surface area contributed by atoms with Crippen molar-refractivity contribution in [1.29, 1.82) is 0 Å². The molecular formula is C40H26. The fourth-order valence-electron chi connectivity index (χ4n) is 6.53. The third kappa shape index (κ3) is 3.47. The van der Waals surface area contributed by atoms with Crippen molar-refractivity contribution in [3.8, 4) is 33.4 Å². The minimum absolute atomic E-state index is 1.24. The Labute approximate surface area is 233 Å². The lowest BCUT2D eigenvalue weighted by Crippen LogP contribution is -1.93. The topological polar surface area (TPSA) is 0 Å². The van der Waals surface area contributed by atoms with Gasteiger partial charge in [0, 0.05) is 0 Å². The Balaban J connectivity index is 1.57. The summed E-state index contributed by atoms with van der Waals surface area (Å²) >= 11 is 0. The van der Waals surface area contributed by atoms with Gasteiger partial charge in [-0.3, -0.25) is 0 Å². The summed E-state index contributed by atoms with van der Waals surface area (Å²) in [7, 11) is 0. The van der Waals surface area contributed by atoms with Gasteiger partial charge in [-0.2, -0.15) is 0 Å². The Morgan fingerprint density at radius 1 is 0.250 bits per heavy atom. The Morgan fingerprint density at radius 2 is 0.750 bits per heavy atom. The fourth-order valence-corrected chi connectivity index (χ4v) is 6.53. The van der Waals surface area contributed by atoms with Gasteiger partial charge < -0.3 is 0 Å². The maximum atomic E-state index is 2.34. The first-order valence-electron chi connectivity index (χ1n) is 13.9. The molecule has 0 heteroatoms. The van der Waals surface area contributed by atoms with Gasteiger partial charge >= 0.3 is 0 Å². The quantitative estimate of drug-likeness (QED) is 0.165. The molecule has 0 fully saturated rings. The molecule has 0 spiro atoms. The highest BCUT2D eigenvalue weighted by Crippen LogP contribution is 2.48. The summed E-state index contributed by atoms with van der Waals surface area (Å²) in [4.78, 5) is 0. The summed E-state index contributed by atoms with van der Waals surface area (Å²) in [5.74, 6) is 0. The molecule has 0 unspecified atom stereocenters. The van der Waals surface area contributed by atoms with Crippen LogP contribution < -0.4 is 0 Å². The molecule has 0 aliphatic heterocycles. The minimum Gasteiger partial charge on any atom is -0.0622 e. The van der Waals surface area contributed by atoms with Gasteiger partial charge in [-0.25, -0.2) is 0 Å². The van der Waals surface area contributed by atoms with E-state index in [0.717, 1.165) is 0 Å². The molecule has 0 amide bonds. The van der Waals surface area contributed by atoms with Gasteiger partial charge in [-0.1, -0.05) is 158 Å². The number of hydrogen-bond donors (Lipinski definition) is 0. The van der Waals surface area contributed by atoms with Gasteiger partial charge in [0.05, 0.1) is 0 Å². The van der Waals surface area contributed by atoms with Crippen LogP contribution in [0.25, 0.3) is 76.5 Å². The molecular weight excluding hydrogens is 480 g/mol. The van der Waals surface area contributed by atoms with E-state index in [1.165, 1.54) is 76.5 Å². The molecule has 40 heavy (non-hydrogen) atoms. The Bertz CT molecular complexity index is 2190. The molecule has 0 bridgehead atoms. The molecule has 0 saturated carbocycles. The van der Waals surface area contributed by atoms with Crippen molar-refractivity contribution < 1.29 is 0 Å². The van der Waals surface area contributed by atoms with E-state index in [0.29, 0.717) is 0 Å². The predicted molar refractivity (Wildman–Crippen MR) is 173 cm³/mol. The monoisotopic (exact) mass is 506 g/mol. The lowest BCUT2D eigenvalue weighted by atomic mass is 9.82. The second-order valence-electron chi connectivity index (χ2n) is 10.4. The Hall–Kier alpha value is -5.20. The summed E-state index contributed by atoms with van der Waals surface area (Å²) in [6.45, 7) is 0. The summed E-state index contributed by atoms with van der Waals surface area (Å²) in [6.07, 6.45) is 0. The second kappa shape index (κ2) is 9.22. The van der Waals surface area contributed by atoms with E-state index < -0.39 is 0 Å². The zero-order valence-electron chi connectivity index (χ0n) is 22.0. The van der Waals surface area contributed by atoms with E-state index in [9.17, 15) is 0 Å². The number of fused-ring (bicyclic) bond motifs is 5. The molecule has 0 nitrogen and oxygen atoms in total. The van der Waals surface area contributed by atoms with Gasteiger partial charge in [-0.15, -0.1) is 0 Å². The van der Waals surface area contributed by atoms with Gasteiger partial charge in [0.2, 0.25) is 0 Å². The van der Waals surface area contributed by atoms with Crippen molar-refractivity contribution in [2.75, 3.05) is 0 Å². The van der Waals surface area contributed by atoms with Gasteiger partial charge in [-0.05, 0) is 76.5 Å². The Kier molecular flexibility index (Phi) is 5.24. The largest absolute Gasteiger partial charge is 0.0622 e. The van der Waals surface area contributed by atoms with Crippen molar-refractivity contribution in [3.63, 3.8) is 0 Å². The second-order valence-corrected chi connectivity index (χ2v) is 10.4. The first kappa shape index (κ1) is 22.8. The normalized spacial score (nSPS) is 11.5. The third-order valence-corrected chi connectivity index (χ3v) is 8.25. The van der Waals surface area contributed by atoms with Crippen LogP contribution in [0.15, 0.2) is 158 Å². The SMILES string of the molecule is c1ccc(-c2ccc(-c3c4ccccc4c(-c4ccccc4)c4c3ccc3ccccc34)c3ccccc23)cc1. The molecule has 0 saturated heterocycles. The van der Waals surface area contributed by atoms with Crippen LogP contribution in [-0.2, 0) is 0 Å². The summed E-state index contributed by atoms with van der Waals surface area (Å²) in [5, 5.41) is 10.3. The lowest BCUT2D eigenvalue weighted by molar-refractivity contribution is 1.64. The average Bonchev–Trinajstić information content (AvgIpc) is 3.04. The molecule has 0 aliphatic rings. The number of rotatable bonds is 3. The van der Waals surface area contributed by atoms with E-state index in [-0.39, 0.29) is 0 Å². The zero-order chi connectivity index (χ0) is 26.5. The minimum atomic E-state index is 1.24. The molecule has 0 N–H and O–H groups in total. The van der Waals surface area contributed by atoms with E-state index >= 15 is 0 Å². The maximum Gasteiger partial charge on any atom is -0.00141 e. The standard InChI is InChI=1S/C40H26/c1-3-13-27(14-4-1)30-25-26-36(33-20-10-9-19-32(30)33)39-35-22-12-11-21-34(35)38(29-16-5-2-6-17-29)40-31-18-8-7-15-28(31)23-24-37(39)40/h1-26H. The molecule has 0 aliphatic carbocycles. The van der Waals surface area contributed by atoms with E-state index in [2.05, 4.69) is 158 Å². The summed E-state index contributed by atoms with van der Waals surface area (Å²) in [6, 6.07) is 57.5. The van der Waals surface area contributed by atoms with Crippen molar-refractivity contribution in [3.05, 3.63) is 158 Å². The molecule has 8 aromatic carbocycles. The predicted octanol–water partition coefficient (Wildman–Crippen LogP) is 11.3. The van der Waals surface area contributed by atoms with E-state index in [4.69, 9.17) is 0 Å². The van der Waals surface area contributed by atoms with Crippen LogP contribution >= 0.6 is 0 Å². The Morgan fingerprint density at radius 3 is 1.45 bits per heavy atom. The highest BCUT2D eigenvalue weighted by atomic mass is 14.2. The van der Waals surface area contributed by atoms with Crippen molar-refractivity contribution in [2.24, 2.45) is 0 Å². The van der Waals surface area contributed by atoms with Crippen LogP contribution in [0, 0.1) is 0 Å². The van der Waals surface area contributed by atoms with Crippen LogP contribution in [0.2, 0.25) is 0 Å². The fraction of sp³-hybridized carbons (Fsp3) is 0. The molecule has 0 radical (unpaired) electrons. The highest BCUT2D eigenvalue weighted by Gasteiger charge is 2.20. The smallest absolute Gasteiger partial charge is 0.00141 e. The summed E-state index contributed by atoms with van der Waals surface area (Å²) in [5.41, 5.74) is 7.62. The highest BCUT2D eigenvalue weighted by molar-refractivity contribution is 6.29. The van der Waals surface area contributed by atoms with Crippen LogP contribution in [-0.4, -0.2) is 0 Å². The number of hydrogen-bond acceptors (Lipinski definition) is 0. The molecule has 0 heterocycles. The van der Waals surface area contributed by atoms with Gasteiger partial charge in [0.25, 0.3) is 0 Å². The first-order chi connectivity index (χ1) is 19.9. The molecule has 8 rings (SSSR count). The maximum absolute atomic E-state index is 2.34. The van der Waals surface area contributed by atoms with Crippen molar-refractivity contribution >= 4 is 43.1 Å². The van der Waals surface area contributed by atoms with E-state index in [1.54, 1.807) is 0 Å². The van der Waals surface area contributed by atoms with Crippen molar-refractivity contribution in [2.45, 2.75) is 0 Å².